The minimum atomic E-state index is -0.218. The topological polar surface area (TPSA) is 111 Å². The first-order valence-electron chi connectivity index (χ1n) is 11.3. The molecule has 0 unspecified atom stereocenters. The lowest BCUT2D eigenvalue weighted by atomic mass is 10.1. The van der Waals surface area contributed by atoms with E-state index in [1.807, 2.05) is 36.5 Å². The van der Waals surface area contributed by atoms with Crippen molar-refractivity contribution in [2.75, 3.05) is 20.7 Å². The molecular weight excluding hydrogens is 444 g/mol. The fraction of sp³-hybridized carbons (Fsp3) is 0.185. The van der Waals surface area contributed by atoms with Crippen LogP contribution in [0.5, 0.6) is 5.75 Å². The van der Waals surface area contributed by atoms with Gasteiger partial charge in [0, 0.05) is 48.4 Å². The maximum absolute atomic E-state index is 12.3. The summed E-state index contributed by atoms with van der Waals surface area (Å²) in [5.74, 6) is 1.09. The fourth-order valence-corrected chi connectivity index (χ4v) is 4.00. The van der Waals surface area contributed by atoms with Crippen LogP contribution in [0.25, 0.3) is 33.5 Å². The van der Waals surface area contributed by atoms with E-state index in [-0.39, 0.29) is 17.7 Å². The van der Waals surface area contributed by atoms with Gasteiger partial charge in [0.15, 0.2) is 5.76 Å². The molecular formula is C27H26N4O4. The van der Waals surface area contributed by atoms with Crippen LogP contribution in [0, 0.1) is 0 Å². The average Bonchev–Trinajstić information content (AvgIpc) is 3.64. The normalized spacial score (nSPS) is 12.1. The number of aromatic amines is 1. The van der Waals surface area contributed by atoms with Crippen LogP contribution in [-0.2, 0) is 6.42 Å². The van der Waals surface area contributed by atoms with E-state index in [1.54, 1.807) is 45.0 Å². The summed E-state index contributed by atoms with van der Waals surface area (Å²) in [6, 6.07) is 15.0. The number of rotatable bonds is 8. The van der Waals surface area contributed by atoms with Gasteiger partial charge in [-0.2, -0.15) is 0 Å². The Morgan fingerprint density at radius 1 is 1.20 bits per heavy atom. The SMILES string of the molecule is CN(C)C(=O)c1ccc(-c2cc(OC[C@H](N)Cc3c[nH]c4ccccc34)cnc2-c2ccoc2)o1. The molecule has 1 atom stereocenters. The molecule has 0 saturated carbocycles. The van der Waals surface area contributed by atoms with Gasteiger partial charge < -0.3 is 29.2 Å². The molecule has 0 spiro atoms. The molecule has 35 heavy (non-hydrogen) atoms. The monoisotopic (exact) mass is 470 g/mol. The molecule has 3 N–H and O–H groups in total. The Kier molecular flexibility index (Phi) is 6.12. The van der Waals surface area contributed by atoms with Gasteiger partial charge in [0.1, 0.15) is 18.1 Å². The maximum atomic E-state index is 12.3. The van der Waals surface area contributed by atoms with E-state index in [2.05, 4.69) is 16.0 Å². The first kappa shape index (κ1) is 22.5. The molecule has 178 valence electrons. The van der Waals surface area contributed by atoms with Crippen molar-refractivity contribution in [1.82, 2.24) is 14.9 Å². The molecule has 0 aliphatic rings. The highest BCUT2D eigenvalue weighted by Gasteiger charge is 2.19. The number of amides is 1. The van der Waals surface area contributed by atoms with E-state index in [0.29, 0.717) is 35.8 Å². The molecule has 8 nitrogen and oxygen atoms in total. The third-order valence-electron chi connectivity index (χ3n) is 5.77. The fourth-order valence-electron chi connectivity index (χ4n) is 4.00. The lowest BCUT2D eigenvalue weighted by Crippen LogP contribution is -2.30. The Morgan fingerprint density at radius 3 is 2.86 bits per heavy atom. The first-order chi connectivity index (χ1) is 17.0. The number of fused-ring (bicyclic) bond motifs is 1. The summed E-state index contributed by atoms with van der Waals surface area (Å²) < 4.78 is 17.1. The minimum Gasteiger partial charge on any atom is -0.490 e. The van der Waals surface area contributed by atoms with Gasteiger partial charge >= 0.3 is 0 Å². The van der Waals surface area contributed by atoms with Crippen molar-refractivity contribution in [1.29, 1.82) is 0 Å². The summed E-state index contributed by atoms with van der Waals surface area (Å²) in [4.78, 5) is 21.7. The Balaban J connectivity index is 1.37. The van der Waals surface area contributed by atoms with Gasteiger partial charge in [-0.25, -0.2) is 0 Å². The van der Waals surface area contributed by atoms with Crippen LogP contribution in [-0.4, -0.2) is 47.5 Å². The lowest BCUT2D eigenvalue weighted by Gasteiger charge is -2.14. The standard InChI is InChI=1S/C27H26N4O4/c1-31(2)27(32)25-8-7-24(35-25)22-12-20(14-30-26(22)17-9-10-33-15-17)34-16-19(28)11-18-13-29-23-6-4-3-5-21(18)23/h3-10,12-15,19,29H,11,16,28H2,1-2H3/t19-/m1/s1. The molecule has 5 aromatic rings. The molecule has 0 fully saturated rings. The number of carbonyl (C=O) groups excluding carboxylic acids is 1. The van der Waals surface area contributed by atoms with E-state index in [9.17, 15) is 4.79 Å². The van der Waals surface area contributed by atoms with Crippen molar-refractivity contribution >= 4 is 16.8 Å². The summed E-state index contributed by atoms with van der Waals surface area (Å²) in [6.07, 6.45) is 7.51. The summed E-state index contributed by atoms with van der Waals surface area (Å²) in [7, 11) is 3.36. The predicted octanol–water partition coefficient (Wildman–Crippen LogP) is 4.73. The second kappa shape index (κ2) is 9.52. The minimum absolute atomic E-state index is 0.209. The van der Waals surface area contributed by atoms with Gasteiger partial charge in [-0.05, 0) is 42.3 Å². The van der Waals surface area contributed by atoms with Crippen molar-refractivity contribution in [2.24, 2.45) is 5.73 Å². The number of pyridine rings is 1. The molecule has 8 heteroatoms. The van der Waals surface area contributed by atoms with Crippen LogP contribution in [0.15, 0.2) is 82.3 Å². The van der Waals surface area contributed by atoms with Gasteiger partial charge in [-0.1, -0.05) is 18.2 Å². The second-order valence-electron chi connectivity index (χ2n) is 8.58. The van der Waals surface area contributed by atoms with Gasteiger partial charge in [0.25, 0.3) is 5.91 Å². The Morgan fingerprint density at radius 2 is 2.06 bits per heavy atom. The number of nitrogens with one attached hydrogen (secondary N) is 1. The summed E-state index contributed by atoms with van der Waals surface area (Å²) in [5, 5.41) is 1.16. The zero-order valence-corrected chi connectivity index (χ0v) is 19.5. The van der Waals surface area contributed by atoms with Crippen molar-refractivity contribution < 1.29 is 18.4 Å². The number of H-pyrrole nitrogens is 1. The number of para-hydroxylation sites is 1. The number of carbonyl (C=O) groups is 1. The molecule has 4 aromatic heterocycles. The third-order valence-corrected chi connectivity index (χ3v) is 5.77. The number of aromatic nitrogens is 2. The average molecular weight is 471 g/mol. The van der Waals surface area contributed by atoms with E-state index in [1.165, 1.54) is 4.90 Å². The van der Waals surface area contributed by atoms with Crippen molar-refractivity contribution in [3.8, 4) is 28.3 Å². The molecule has 1 aromatic carbocycles. The molecule has 0 aliphatic heterocycles. The highest BCUT2D eigenvalue weighted by Crippen LogP contribution is 2.34. The van der Waals surface area contributed by atoms with Gasteiger partial charge in [-0.3, -0.25) is 9.78 Å². The number of benzene rings is 1. The molecule has 1 amide bonds. The third kappa shape index (κ3) is 4.69. The maximum Gasteiger partial charge on any atom is 0.289 e. The Labute approximate surface area is 202 Å². The lowest BCUT2D eigenvalue weighted by molar-refractivity contribution is 0.0797. The zero-order valence-electron chi connectivity index (χ0n) is 19.5. The van der Waals surface area contributed by atoms with Crippen LogP contribution >= 0.6 is 0 Å². The first-order valence-corrected chi connectivity index (χ1v) is 11.3. The van der Waals surface area contributed by atoms with E-state index in [4.69, 9.17) is 19.3 Å². The Bertz CT molecular complexity index is 1450. The van der Waals surface area contributed by atoms with Crippen LogP contribution in [0.1, 0.15) is 16.1 Å². The summed E-state index contributed by atoms with van der Waals surface area (Å²) >= 11 is 0. The van der Waals surface area contributed by atoms with Crippen LogP contribution in [0.3, 0.4) is 0 Å². The molecule has 0 bridgehead atoms. The number of hydrogen-bond donors (Lipinski definition) is 2. The van der Waals surface area contributed by atoms with E-state index >= 15 is 0 Å². The van der Waals surface area contributed by atoms with Gasteiger partial charge in [0.05, 0.1) is 24.4 Å². The molecule has 5 rings (SSSR count). The van der Waals surface area contributed by atoms with Crippen molar-refractivity contribution in [3.63, 3.8) is 0 Å². The van der Waals surface area contributed by atoms with Crippen LogP contribution in [0.4, 0.5) is 0 Å². The quantitative estimate of drug-likeness (QED) is 0.339. The van der Waals surface area contributed by atoms with Crippen molar-refractivity contribution in [2.45, 2.75) is 12.5 Å². The predicted molar refractivity (Wildman–Crippen MR) is 133 cm³/mol. The highest BCUT2D eigenvalue weighted by molar-refractivity contribution is 5.92. The smallest absolute Gasteiger partial charge is 0.289 e. The van der Waals surface area contributed by atoms with Crippen LogP contribution < -0.4 is 10.5 Å². The zero-order chi connectivity index (χ0) is 24.4. The molecule has 4 heterocycles. The summed E-state index contributed by atoms with van der Waals surface area (Å²) in [6.45, 7) is 0.314. The number of nitrogens with two attached hydrogens (primary N) is 1. The molecule has 0 aliphatic carbocycles. The second-order valence-corrected chi connectivity index (χ2v) is 8.58. The molecule has 0 radical (unpaired) electrons. The number of furan rings is 2. The number of nitrogens with zero attached hydrogens (tertiary/aromatic N) is 2. The Hall–Kier alpha value is -4.30. The van der Waals surface area contributed by atoms with Gasteiger partial charge in [0.2, 0.25) is 0 Å². The van der Waals surface area contributed by atoms with E-state index in [0.717, 1.165) is 22.0 Å². The largest absolute Gasteiger partial charge is 0.490 e. The van der Waals surface area contributed by atoms with E-state index < -0.39 is 0 Å². The summed E-state index contributed by atoms with van der Waals surface area (Å²) in [5.41, 5.74) is 10.8. The highest BCUT2D eigenvalue weighted by atomic mass is 16.5. The number of ether oxygens (including phenoxy) is 1. The van der Waals surface area contributed by atoms with Crippen LogP contribution in [0.2, 0.25) is 0 Å². The van der Waals surface area contributed by atoms with Gasteiger partial charge in [-0.15, -0.1) is 0 Å². The number of hydrogen-bond acceptors (Lipinski definition) is 6. The molecule has 0 saturated heterocycles. The van der Waals surface area contributed by atoms with Crippen molar-refractivity contribution in [3.05, 3.63) is 84.8 Å².